The monoisotopic (exact) mass is 266 g/mol. The summed E-state index contributed by atoms with van der Waals surface area (Å²) in [6, 6.07) is 0.338. The molecule has 2 saturated carbocycles. The van der Waals surface area contributed by atoms with Gasteiger partial charge in [-0.25, -0.2) is 0 Å². The highest BCUT2D eigenvalue weighted by Crippen LogP contribution is 2.32. The van der Waals surface area contributed by atoms with Gasteiger partial charge in [0.05, 0.1) is 0 Å². The maximum atomic E-state index is 12.4. The molecule has 2 unspecified atom stereocenters. The van der Waals surface area contributed by atoms with Crippen molar-refractivity contribution in [2.75, 3.05) is 6.54 Å². The fraction of sp³-hybridized carbons (Fsp3) is 0.938. The van der Waals surface area contributed by atoms with Crippen LogP contribution in [0.3, 0.4) is 0 Å². The molecule has 2 aliphatic rings. The Morgan fingerprint density at radius 1 is 1.11 bits per heavy atom. The lowest BCUT2D eigenvalue weighted by Crippen LogP contribution is -2.43. The zero-order chi connectivity index (χ0) is 13.7. The van der Waals surface area contributed by atoms with Crippen LogP contribution in [0.25, 0.3) is 0 Å². The molecular weight excluding hydrogens is 236 g/mol. The molecule has 0 bridgehead atoms. The molecule has 1 amide bonds. The Kier molecular flexibility index (Phi) is 5.68. The van der Waals surface area contributed by atoms with E-state index in [1.54, 1.807) is 0 Å². The van der Waals surface area contributed by atoms with Crippen LogP contribution in [0.1, 0.15) is 64.7 Å². The molecular formula is C16H30N2O. The number of carbonyl (C=O) groups excluding carboxylic acids is 1. The third kappa shape index (κ3) is 3.95. The van der Waals surface area contributed by atoms with Crippen molar-refractivity contribution in [2.24, 2.45) is 23.5 Å². The molecule has 0 heterocycles. The predicted molar refractivity (Wildman–Crippen MR) is 78.7 cm³/mol. The van der Waals surface area contributed by atoms with Crippen molar-refractivity contribution in [1.82, 2.24) is 5.32 Å². The van der Waals surface area contributed by atoms with Crippen LogP contribution in [-0.4, -0.2) is 18.5 Å². The van der Waals surface area contributed by atoms with Crippen LogP contribution in [0, 0.1) is 17.8 Å². The summed E-state index contributed by atoms with van der Waals surface area (Å²) >= 11 is 0. The van der Waals surface area contributed by atoms with Crippen LogP contribution in [0.5, 0.6) is 0 Å². The van der Waals surface area contributed by atoms with E-state index in [4.69, 9.17) is 5.73 Å². The van der Waals surface area contributed by atoms with Gasteiger partial charge in [-0.1, -0.05) is 32.1 Å². The lowest BCUT2D eigenvalue weighted by Gasteiger charge is -2.26. The quantitative estimate of drug-likeness (QED) is 0.769. The maximum Gasteiger partial charge on any atom is 0.223 e. The summed E-state index contributed by atoms with van der Waals surface area (Å²) in [5.41, 5.74) is 5.78. The van der Waals surface area contributed by atoms with E-state index in [1.807, 2.05) is 0 Å². The number of carbonyl (C=O) groups is 1. The van der Waals surface area contributed by atoms with Gasteiger partial charge in [-0.15, -0.1) is 0 Å². The molecule has 3 N–H and O–H groups in total. The fourth-order valence-electron chi connectivity index (χ4n) is 3.92. The normalized spacial score (nSPS) is 30.8. The van der Waals surface area contributed by atoms with Crippen molar-refractivity contribution in [2.45, 2.75) is 70.8 Å². The predicted octanol–water partition coefficient (Wildman–Crippen LogP) is 2.84. The standard InChI is InChI=1S/C16H30N2O/c1-12(13-7-4-2-3-5-8-13)18-16(19)15-10-6-9-14(15)11-17/h12-15H,2-11,17H2,1H3,(H,18,19)/t12-,14?,15?/m0/s1. The maximum absolute atomic E-state index is 12.4. The summed E-state index contributed by atoms with van der Waals surface area (Å²) in [6.07, 6.45) is 11.3. The van der Waals surface area contributed by atoms with Crippen LogP contribution < -0.4 is 11.1 Å². The summed E-state index contributed by atoms with van der Waals surface area (Å²) in [6.45, 7) is 2.86. The number of amides is 1. The SMILES string of the molecule is C[C@H](NC(=O)C1CCCC1CN)C1CCCCCC1. The highest BCUT2D eigenvalue weighted by Gasteiger charge is 2.33. The van der Waals surface area contributed by atoms with E-state index in [1.165, 1.54) is 38.5 Å². The summed E-state index contributed by atoms with van der Waals surface area (Å²) < 4.78 is 0. The second kappa shape index (κ2) is 7.28. The van der Waals surface area contributed by atoms with E-state index in [2.05, 4.69) is 12.2 Å². The van der Waals surface area contributed by atoms with Gasteiger partial charge < -0.3 is 11.1 Å². The van der Waals surface area contributed by atoms with Gasteiger partial charge in [0.1, 0.15) is 0 Å². The smallest absolute Gasteiger partial charge is 0.223 e. The van der Waals surface area contributed by atoms with E-state index >= 15 is 0 Å². The molecule has 0 aliphatic heterocycles. The number of hydrogen-bond donors (Lipinski definition) is 2. The second-order valence-electron chi connectivity index (χ2n) is 6.58. The minimum Gasteiger partial charge on any atom is -0.353 e. The van der Waals surface area contributed by atoms with Gasteiger partial charge in [-0.3, -0.25) is 4.79 Å². The summed E-state index contributed by atoms with van der Waals surface area (Å²) in [7, 11) is 0. The van der Waals surface area contributed by atoms with E-state index in [-0.39, 0.29) is 11.8 Å². The third-order valence-corrected chi connectivity index (χ3v) is 5.28. The lowest BCUT2D eigenvalue weighted by molar-refractivity contribution is -0.127. The van der Waals surface area contributed by atoms with Crippen LogP contribution >= 0.6 is 0 Å². The molecule has 2 aliphatic carbocycles. The summed E-state index contributed by atoms with van der Waals surface area (Å²) in [5.74, 6) is 1.55. The summed E-state index contributed by atoms with van der Waals surface area (Å²) in [4.78, 5) is 12.4. The van der Waals surface area contributed by atoms with Crippen LogP contribution in [0.4, 0.5) is 0 Å². The van der Waals surface area contributed by atoms with Crippen LogP contribution in [0.15, 0.2) is 0 Å². The first-order valence-electron chi connectivity index (χ1n) is 8.22. The van der Waals surface area contributed by atoms with Gasteiger partial charge in [0.25, 0.3) is 0 Å². The first-order valence-corrected chi connectivity index (χ1v) is 8.22. The number of nitrogens with one attached hydrogen (secondary N) is 1. The van der Waals surface area contributed by atoms with Crippen molar-refractivity contribution < 1.29 is 4.79 Å². The molecule has 0 aromatic carbocycles. The van der Waals surface area contributed by atoms with Crippen molar-refractivity contribution >= 4 is 5.91 Å². The van der Waals surface area contributed by atoms with Gasteiger partial charge in [0.2, 0.25) is 5.91 Å². The van der Waals surface area contributed by atoms with Gasteiger partial charge in [-0.05, 0) is 51.0 Å². The highest BCUT2D eigenvalue weighted by atomic mass is 16.2. The molecule has 0 spiro atoms. The minimum absolute atomic E-state index is 0.179. The number of hydrogen-bond acceptors (Lipinski definition) is 2. The first kappa shape index (κ1) is 14.8. The molecule has 2 rings (SSSR count). The van der Waals surface area contributed by atoms with Gasteiger partial charge >= 0.3 is 0 Å². The molecule has 19 heavy (non-hydrogen) atoms. The molecule has 3 heteroatoms. The minimum atomic E-state index is 0.179. The van der Waals surface area contributed by atoms with Gasteiger partial charge in [0, 0.05) is 12.0 Å². The molecule has 0 saturated heterocycles. The Morgan fingerprint density at radius 3 is 2.42 bits per heavy atom. The van der Waals surface area contributed by atoms with Gasteiger partial charge in [0.15, 0.2) is 0 Å². The lowest BCUT2D eigenvalue weighted by atomic mass is 9.91. The number of rotatable bonds is 4. The largest absolute Gasteiger partial charge is 0.353 e. The average Bonchev–Trinajstić information content (AvgIpc) is 2.72. The molecule has 2 fully saturated rings. The molecule has 0 aromatic heterocycles. The van der Waals surface area contributed by atoms with Crippen molar-refractivity contribution in [3.05, 3.63) is 0 Å². The fourth-order valence-corrected chi connectivity index (χ4v) is 3.92. The summed E-state index contributed by atoms with van der Waals surface area (Å²) in [5, 5.41) is 3.29. The zero-order valence-electron chi connectivity index (χ0n) is 12.4. The Balaban J connectivity index is 1.83. The van der Waals surface area contributed by atoms with Crippen molar-refractivity contribution in [1.29, 1.82) is 0 Å². The second-order valence-corrected chi connectivity index (χ2v) is 6.58. The third-order valence-electron chi connectivity index (χ3n) is 5.28. The van der Waals surface area contributed by atoms with E-state index < -0.39 is 0 Å². The Bertz CT molecular complexity index is 284. The van der Waals surface area contributed by atoms with Crippen LogP contribution in [0.2, 0.25) is 0 Å². The molecule has 0 radical (unpaired) electrons. The van der Waals surface area contributed by atoms with Crippen LogP contribution in [-0.2, 0) is 4.79 Å². The first-order chi connectivity index (χ1) is 9.22. The van der Waals surface area contributed by atoms with Crippen molar-refractivity contribution in [3.63, 3.8) is 0 Å². The molecule has 3 nitrogen and oxygen atoms in total. The number of nitrogens with two attached hydrogens (primary N) is 1. The Morgan fingerprint density at radius 2 is 1.79 bits per heavy atom. The Labute approximate surface area is 117 Å². The molecule has 3 atom stereocenters. The topological polar surface area (TPSA) is 55.1 Å². The van der Waals surface area contributed by atoms with Gasteiger partial charge in [-0.2, -0.15) is 0 Å². The molecule has 110 valence electrons. The zero-order valence-corrected chi connectivity index (χ0v) is 12.4. The van der Waals surface area contributed by atoms with Crippen molar-refractivity contribution in [3.8, 4) is 0 Å². The Hall–Kier alpha value is -0.570. The van der Waals surface area contributed by atoms with E-state index in [0.717, 1.165) is 19.3 Å². The van der Waals surface area contributed by atoms with E-state index in [0.29, 0.717) is 24.4 Å². The molecule has 0 aromatic rings. The van der Waals surface area contributed by atoms with E-state index in [9.17, 15) is 4.79 Å². The average molecular weight is 266 g/mol. The highest BCUT2D eigenvalue weighted by molar-refractivity contribution is 5.79.